The Morgan fingerprint density at radius 1 is 1.12 bits per heavy atom. The van der Waals surface area contributed by atoms with Crippen LogP contribution in [0.5, 0.6) is 5.75 Å². The molecule has 0 N–H and O–H groups in total. The monoisotopic (exact) mass is 550 g/mol. The fraction of sp³-hybridized carbons (Fsp3) is 0.571. The predicted molar refractivity (Wildman–Crippen MR) is 149 cm³/mol. The van der Waals surface area contributed by atoms with Crippen LogP contribution >= 0.6 is 0 Å². The first kappa shape index (κ1) is 27.6. The van der Waals surface area contributed by atoms with Crippen molar-refractivity contribution in [1.82, 2.24) is 34.7 Å². The largest absolute Gasteiger partial charge is 0.495 e. The normalized spacial score (nSPS) is 17.8. The summed E-state index contributed by atoms with van der Waals surface area (Å²) in [4.78, 5) is 34.4. The van der Waals surface area contributed by atoms with Gasteiger partial charge >= 0.3 is 6.09 Å². The Kier molecular flexibility index (Phi) is 8.04. The molecule has 3 aromatic rings. The van der Waals surface area contributed by atoms with Crippen molar-refractivity contribution in [1.29, 1.82) is 0 Å². The van der Waals surface area contributed by atoms with Gasteiger partial charge in [0.1, 0.15) is 23.7 Å². The minimum absolute atomic E-state index is 0.0197. The highest BCUT2D eigenvalue weighted by molar-refractivity contribution is 5.69. The first-order chi connectivity index (χ1) is 19.2. The Morgan fingerprint density at radius 3 is 2.65 bits per heavy atom. The predicted octanol–water partition coefficient (Wildman–Crippen LogP) is 3.42. The summed E-state index contributed by atoms with van der Waals surface area (Å²) in [6.07, 6.45) is 11.8. The van der Waals surface area contributed by atoms with E-state index in [1.165, 1.54) is 11.1 Å². The number of rotatable bonds is 8. The average molecular weight is 551 g/mol. The molecule has 1 saturated carbocycles. The molecular formula is C28H38N8O4. The molecule has 1 atom stereocenters. The fourth-order valence-corrected chi connectivity index (χ4v) is 5.10. The summed E-state index contributed by atoms with van der Waals surface area (Å²) in [7, 11) is 1.58. The molecule has 214 valence electrons. The van der Waals surface area contributed by atoms with E-state index in [2.05, 4.69) is 25.3 Å². The molecule has 40 heavy (non-hydrogen) atoms. The van der Waals surface area contributed by atoms with Gasteiger partial charge in [0.15, 0.2) is 0 Å². The third-order valence-corrected chi connectivity index (χ3v) is 7.43. The number of piperidine rings is 1. The molecule has 0 spiro atoms. The first-order valence-electron chi connectivity index (χ1n) is 13.9. The summed E-state index contributed by atoms with van der Waals surface area (Å²) in [6, 6.07) is 3.44. The van der Waals surface area contributed by atoms with Gasteiger partial charge in [-0.3, -0.25) is 9.78 Å². The number of methoxy groups -OCH3 is 1. The van der Waals surface area contributed by atoms with Crippen LogP contribution in [0.4, 0.5) is 10.5 Å². The zero-order valence-electron chi connectivity index (χ0n) is 23.7. The number of ether oxygens (including phenoxy) is 2. The number of hydrogen-bond donors (Lipinski definition) is 0. The third-order valence-electron chi connectivity index (χ3n) is 7.43. The lowest BCUT2D eigenvalue weighted by Crippen LogP contribution is -2.53. The van der Waals surface area contributed by atoms with E-state index in [-0.39, 0.29) is 24.4 Å². The Labute approximate surface area is 233 Å². The van der Waals surface area contributed by atoms with E-state index >= 15 is 0 Å². The SMILES string of the molecule is COc1cncc(-c2cn(Cn3ncc(N4CCC[C@@H](N(CC5CCC5)C(=O)OC(C)(C)C)C4)cc3=O)nn2)c1. The van der Waals surface area contributed by atoms with Crippen molar-refractivity contribution in [2.45, 2.75) is 71.2 Å². The summed E-state index contributed by atoms with van der Waals surface area (Å²) in [5, 5.41) is 12.8. The van der Waals surface area contributed by atoms with Gasteiger partial charge in [0.05, 0.1) is 37.4 Å². The van der Waals surface area contributed by atoms with Crippen LogP contribution in [-0.2, 0) is 11.4 Å². The van der Waals surface area contributed by atoms with Crippen LogP contribution in [0.1, 0.15) is 52.9 Å². The van der Waals surface area contributed by atoms with E-state index in [1.54, 1.807) is 42.6 Å². The van der Waals surface area contributed by atoms with Gasteiger partial charge in [-0.25, -0.2) is 14.2 Å². The maximum Gasteiger partial charge on any atom is 0.410 e. The fourth-order valence-electron chi connectivity index (χ4n) is 5.10. The van der Waals surface area contributed by atoms with Gasteiger partial charge in [-0.1, -0.05) is 11.6 Å². The smallest absolute Gasteiger partial charge is 0.410 e. The molecule has 1 saturated heterocycles. The van der Waals surface area contributed by atoms with Gasteiger partial charge < -0.3 is 19.3 Å². The van der Waals surface area contributed by atoms with Crippen molar-refractivity contribution >= 4 is 11.8 Å². The van der Waals surface area contributed by atoms with Crippen LogP contribution in [0.3, 0.4) is 0 Å². The molecule has 2 fully saturated rings. The van der Waals surface area contributed by atoms with Gasteiger partial charge in [0.2, 0.25) is 0 Å². The molecule has 12 nitrogen and oxygen atoms in total. The standard InChI is InChI=1S/C28H38N8O4/c1-28(2,3)40-27(38)35(16-20-7-5-8-20)22-9-6-10-33(17-22)23-12-26(37)36(30-14-23)19-34-18-25(31-32-34)21-11-24(39-4)15-29-13-21/h11-15,18,20,22H,5-10,16-17,19H2,1-4H3/t22-/m1/s1. The molecule has 0 aromatic carbocycles. The van der Waals surface area contributed by atoms with E-state index in [0.29, 0.717) is 23.9 Å². The molecule has 1 aliphatic carbocycles. The quantitative estimate of drug-likeness (QED) is 0.415. The second-order valence-corrected chi connectivity index (χ2v) is 11.6. The number of amides is 1. The number of hydrogen-bond acceptors (Lipinski definition) is 9. The zero-order valence-corrected chi connectivity index (χ0v) is 23.7. The van der Waals surface area contributed by atoms with Crippen molar-refractivity contribution in [3.8, 4) is 17.0 Å². The van der Waals surface area contributed by atoms with E-state index < -0.39 is 5.60 Å². The molecule has 3 aromatic heterocycles. The highest BCUT2D eigenvalue weighted by Gasteiger charge is 2.34. The molecule has 1 aliphatic heterocycles. The van der Waals surface area contributed by atoms with Gasteiger partial charge in [-0.05, 0) is 58.4 Å². The second-order valence-electron chi connectivity index (χ2n) is 11.6. The van der Waals surface area contributed by atoms with Crippen molar-refractivity contribution in [2.24, 2.45) is 5.92 Å². The van der Waals surface area contributed by atoms with Crippen LogP contribution in [0.15, 0.2) is 41.7 Å². The Morgan fingerprint density at radius 2 is 1.95 bits per heavy atom. The maximum absolute atomic E-state index is 13.2. The number of pyridine rings is 1. The summed E-state index contributed by atoms with van der Waals surface area (Å²) in [5.41, 5.74) is 1.34. The Balaban J connectivity index is 1.27. The Bertz CT molecular complexity index is 1380. The van der Waals surface area contributed by atoms with Crippen molar-refractivity contribution in [3.05, 3.63) is 47.3 Å². The zero-order chi connectivity index (χ0) is 28.3. The highest BCUT2D eigenvalue weighted by Crippen LogP contribution is 2.30. The number of nitrogens with zero attached hydrogens (tertiary/aromatic N) is 8. The van der Waals surface area contributed by atoms with Gasteiger partial charge in [-0.2, -0.15) is 5.10 Å². The van der Waals surface area contributed by atoms with Crippen LogP contribution < -0.4 is 15.2 Å². The number of aromatic nitrogens is 6. The van der Waals surface area contributed by atoms with Crippen LogP contribution in [-0.4, -0.2) is 79.1 Å². The van der Waals surface area contributed by atoms with E-state index in [4.69, 9.17) is 9.47 Å². The summed E-state index contributed by atoms with van der Waals surface area (Å²) >= 11 is 0. The van der Waals surface area contributed by atoms with E-state index in [1.807, 2.05) is 31.7 Å². The third kappa shape index (κ3) is 6.60. The van der Waals surface area contributed by atoms with E-state index in [9.17, 15) is 9.59 Å². The molecule has 5 rings (SSSR count). The summed E-state index contributed by atoms with van der Waals surface area (Å²) in [5.74, 6) is 1.16. The minimum Gasteiger partial charge on any atom is -0.495 e. The molecule has 4 heterocycles. The number of anilines is 1. The van der Waals surface area contributed by atoms with Crippen molar-refractivity contribution in [2.75, 3.05) is 31.6 Å². The minimum atomic E-state index is -0.548. The number of carbonyl (C=O) groups excluding carboxylic acids is 1. The first-order valence-corrected chi connectivity index (χ1v) is 13.9. The van der Waals surface area contributed by atoms with Gasteiger partial charge in [0, 0.05) is 37.5 Å². The van der Waals surface area contributed by atoms with Crippen LogP contribution in [0.25, 0.3) is 11.3 Å². The van der Waals surface area contributed by atoms with Gasteiger partial charge in [-0.15, -0.1) is 5.10 Å². The summed E-state index contributed by atoms with van der Waals surface area (Å²) < 4.78 is 13.9. The Hall–Kier alpha value is -3.96. The second kappa shape index (κ2) is 11.6. The highest BCUT2D eigenvalue weighted by atomic mass is 16.6. The molecule has 0 unspecified atom stereocenters. The lowest BCUT2D eigenvalue weighted by Gasteiger charge is -2.42. The van der Waals surface area contributed by atoms with E-state index in [0.717, 1.165) is 50.0 Å². The van der Waals surface area contributed by atoms with Crippen LogP contribution in [0.2, 0.25) is 0 Å². The van der Waals surface area contributed by atoms with Crippen molar-refractivity contribution < 1.29 is 14.3 Å². The maximum atomic E-state index is 13.2. The molecule has 1 amide bonds. The summed E-state index contributed by atoms with van der Waals surface area (Å²) in [6.45, 7) is 7.98. The lowest BCUT2D eigenvalue weighted by molar-refractivity contribution is 0.00736. The van der Waals surface area contributed by atoms with Crippen LogP contribution in [0, 0.1) is 5.92 Å². The number of carbonyl (C=O) groups is 1. The van der Waals surface area contributed by atoms with Crippen molar-refractivity contribution in [3.63, 3.8) is 0 Å². The average Bonchev–Trinajstić information content (AvgIpc) is 3.37. The molecule has 12 heteroatoms. The lowest BCUT2D eigenvalue weighted by atomic mass is 9.84. The molecular weight excluding hydrogens is 512 g/mol. The van der Waals surface area contributed by atoms with Gasteiger partial charge in [0.25, 0.3) is 5.56 Å². The molecule has 2 aliphatic rings. The molecule has 0 bridgehead atoms. The molecule has 0 radical (unpaired) electrons. The topological polar surface area (TPSA) is 121 Å².